The van der Waals surface area contributed by atoms with Crippen molar-refractivity contribution in [1.82, 2.24) is 10.2 Å². The third-order valence-corrected chi connectivity index (χ3v) is 4.38. The first-order valence-corrected chi connectivity index (χ1v) is 8.32. The maximum Gasteiger partial charge on any atom is 0.0896 e. The molecule has 0 amide bonds. The topological polar surface area (TPSA) is 24.5 Å². The van der Waals surface area contributed by atoms with Crippen LogP contribution in [0.5, 0.6) is 0 Å². The summed E-state index contributed by atoms with van der Waals surface area (Å²) in [4.78, 5) is 2.47. The molecule has 0 bridgehead atoms. The lowest BCUT2D eigenvalue weighted by atomic mass is 9.96. The number of hydrogen-bond donors (Lipinski definition) is 1. The van der Waals surface area contributed by atoms with Gasteiger partial charge < -0.3 is 10.1 Å². The summed E-state index contributed by atoms with van der Waals surface area (Å²) in [5.74, 6) is 0.582. The number of morpholine rings is 1. The molecule has 1 saturated heterocycles. The van der Waals surface area contributed by atoms with Crippen molar-refractivity contribution in [2.24, 2.45) is 0 Å². The minimum Gasteiger partial charge on any atom is -0.374 e. The number of likely N-dealkylation sites (N-methyl/N-ethyl adjacent to an activating group) is 2. The molecule has 1 aromatic carbocycles. The van der Waals surface area contributed by atoms with Gasteiger partial charge in [-0.15, -0.1) is 0 Å². The van der Waals surface area contributed by atoms with Crippen molar-refractivity contribution in [1.29, 1.82) is 0 Å². The van der Waals surface area contributed by atoms with Crippen molar-refractivity contribution in [2.45, 2.75) is 45.8 Å². The summed E-state index contributed by atoms with van der Waals surface area (Å²) in [6.07, 6.45) is 0.239. The van der Waals surface area contributed by atoms with Gasteiger partial charge in [0.15, 0.2) is 0 Å². The predicted octanol–water partition coefficient (Wildman–Crippen LogP) is 3.18. The van der Waals surface area contributed by atoms with Gasteiger partial charge in [0.1, 0.15) is 0 Å². The fraction of sp³-hybridized carbons (Fsp3) is 0.667. The van der Waals surface area contributed by atoms with E-state index in [1.165, 1.54) is 11.1 Å². The van der Waals surface area contributed by atoms with Crippen molar-refractivity contribution in [3.8, 4) is 0 Å². The third-order valence-electron chi connectivity index (χ3n) is 4.38. The SMILES string of the molecule is CCNC(c1ccc(C(C)C)cc1)C1CN(CC)CCO1. The molecule has 1 N–H and O–H groups in total. The third kappa shape index (κ3) is 4.29. The summed E-state index contributed by atoms with van der Waals surface area (Å²) in [6.45, 7) is 13.8. The van der Waals surface area contributed by atoms with Crippen molar-refractivity contribution in [3.63, 3.8) is 0 Å². The first-order valence-electron chi connectivity index (χ1n) is 8.32. The number of nitrogens with zero attached hydrogens (tertiary/aromatic N) is 1. The Balaban J connectivity index is 2.13. The van der Waals surface area contributed by atoms with Crippen LogP contribution < -0.4 is 5.32 Å². The van der Waals surface area contributed by atoms with E-state index in [9.17, 15) is 0 Å². The summed E-state index contributed by atoms with van der Waals surface area (Å²) in [5, 5.41) is 3.61. The molecule has 21 heavy (non-hydrogen) atoms. The van der Waals surface area contributed by atoms with Crippen LogP contribution in [0.1, 0.15) is 50.8 Å². The first kappa shape index (κ1) is 16.5. The number of ether oxygens (including phenoxy) is 1. The number of benzene rings is 1. The Hall–Kier alpha value is -0.900. The highest BCUT2D eigenvalue weighted by Gasteiger charge is 2.28. The molecular weight excluding hydrogens is 260 g/mol. The molecule has 2 unspecified atom stereocenters. The molecule has 3 nitrogen and oxygen atoms in total. The van der Waals surface area contributed by atoms with E-state index in [1.54, 1.807) is 0 Å². The summed E-state index contributed by atoms with van der Waals surface area (Å²) >= 11 is 0. The van der Waals surface area contributed by atoms with Crippen LogP contribution in [0.3, 0.4) is 0 Å². The van der Waals surface area contributed by atoms with E-state index >= 15 is 0 Å². The zero-order valence-corrected chi connectivity index (χ0v) is 13.9. The minimum atomic E-state index is 0.239. The largest absolute Gasteiger partial charge is 0.374 e. The monoisotopic (exact) mass is 290 g/mol. The van der Waals surface area contributed by atoms with Crippen molar-refractivity contribution < 1.29 is 4.74 Å². The molecule has 1 heterocycles. The van der Waals surface area contributed by atoms with Crippen LogP contribution in [-0.2, 0) is 4.74 Å². The van der Waals surface area contributed by atoms with Crippen LogP contribution in [0.15, 0.2) is 24.3 Å². The van der Waals surface area contributed by atoms with E-state index < -0.39 is 0 Å². The molecule has 1 aromatic rings. The van der Waals surface area contributed by atoms with Gasteiger partial charge in [-0.2, -0.15) is 0 Å². The molecular formula is C18H30N2O. The number of nitrogens with one attached hydrogen (secondary N) is 1. The lowest BCUT2D eigenvalue weighted by Gasteiger charge is -2.37. The minimum absolute atomic E-state index is 0.239. The van der Waals surface area contributed by atoms with Crippen LogP contribution in [0.2, 0.25) is 0 Å². The van der Waals surface area contributed by atoms with Gasteiger partial charge in [0.05, 0.1) is 18.8 Å². The lowest BCUT2D eigenvalue weighted by Crippen LogP contribution is -2.48. The second-order valence-electron chi connectivity index (χ2n) is 6.16. The Morgan fingerprint density at radius 3 is 2.43 bits per heavy atom. The molecule has 2 rings (SSSR count). The Bertz CT molecular complexity index is 416. The molecule has 1 aliphatic rings. The van der Waals surface area contributed by atoms with Crippen molar-refractivity contribution in [3.05, 3.63) is 35.4 Å². The standard InChI is InChI=1S/C18H30N2O/c1-5-19-18(17-13-20(6-2)11-12-21-17)16-9-7-15(8-10-16)14(3)4/h7-10,14,17-19H,5-6,11-13H2,1-4H3. The fourth-order valence-electron chi connectivity index (χ4n) is 2.99. The number of hydrogen-bond acceptors (Lipinski definition) is 3. The fourth-order valence-corrected chi connectivity index (χ4v) is 2.99. The molecule has 118 valence electrons. The predicted molar refractivity (Wildman–Crippen MR) is 88.8 cm³/mol. The molecule has 1 aliphatic heterocycles. The lowest BCUT2D eigenvalue weighted by molar-refractivity contribution is -0.0453. The van der Waals surface area contributed by atoms with Crippen molar-refractivity contribution >= 4 is 0 Å². The molecule has 0 saturated carbocycles. The maximum absolute atomic E-state index is 6.05. The average molecular weight is 290 g/mol. The van der Waals surface area contributed by atoms with Crippen molar-refractivity contribution in [2.75, 3.05) is 32.8 Å². The first-order chi connectivity index (χ1) is 10.2. The quantitative estimate of drug-likeness (QED) is 0.871. The molecule has 0 aliphatic carbocycles. The van der Waals surface area contributed by atoms with E-state index in [-0.39, 0.29) is 12.1 Å². The highest BCUT2D eigenvalue weighted by atomic mass is 16.5. The Morgan fingerprint density at radius 2 is 1.86 bits per heavy atom. The van der Waals surface area contributed by atoms with Gasteiger partial charge in [-0.05, 0) is 30.1 Å². The maximum atomic E-state index is 6.05. The summed E-state index contributed by atoms with van der Waals surface area (Å²) in [6, 6.07) is 9.31. The van der Waals surface area contributed by atoms with Gasteiger partial charge in [-0.1, -0.05) is 52.0 Å². The molecule has 0 radical (unpaired) electrons. The van der Waals surface area contributed by atoms with Gasteiger partial charge in [0.25, 0.3) is 0 Å². The Kier molecular flexibility index (Phi) is 6.22. The second kappa shape index (κ2) is 7.92. The normalized spacial score (nSPS) is 21.7. The molecule has 2 atom stereocenters. The van der Waals surface area contributed by atoms with Crippen LogP contribution in [0, 0.1) is 0 Å². The zero-order valence-electron chi connectivity index (χ0n) is 13.9. The number of rotatable bonds is 6. The summed E-state index contributed by atoms with van der Waals surface area (Å²) in [5.41, 5.74) is 2.73. The Labute approximate surface area is 129 Å². The van der Waals surface area contributed by atoms with Crippen LogP contribution in [-0.4, -0.2) is 43.8 Å². The van der Waals surface area contributed by atoms with Crippen LogP contribution in [0.25, 0.3) is 0 Å². The van der Waals surface area contributed by atoms with Gasteiger partial charge >= 0.3 is 0 Å². The highest BCUT2D eigenvalue weighted by Crippen LogP contribution is 2.24. The van der Waals surface area contributed by atoms with Gasteiger partial charge in [-0.25, -0.2) is 0 Å². The average Bonchev–Trinajstić information content (AvgIpc) is 2.52. The highest BCUT2D eigenvalue weighted by molar-refractivity contribution is 5.27. The van der Waals surface area contributed by atoms with E-state index in [0.717, 1.165) is 32.8 Å². The summed E-state index contributed by atoms with van der Waals surface area (Å²) < 4.78 is 6.05. The molecule has 0 spiro atoms. The summed E-state index contributed by atoms with van der Waals surface area (Å²) in [7, 11) is 0. The van der Waals surface area contributed by atoms with Gasteiger partial charge in [0, 0.05) is 13.1 Å². The van der Waals surface area contributed by atoms with E-state index in [1.807, 2.05) is 0 Å². The Morgan fingerprint density at radius 1 is 1.19 bits per heavy atom. The molecule has 0 aromatic heterocycles. The van der Waals surface area contributed by atoms with Gasteiger partial charge in [-0.3, -0.25) is 4.90 Å². The van der Waals surface area contributed by atoms with E-state index in [0.29, 0.717) is 5.92 Å². The second-order valence-corrected chi connectivity index (χ2v) is 6.16. The smallest absolute Gasteiger partial charge is 0.0896 e. The van der Waals surface area contributed by atoms with E-state index in [4.69, 9.17) is 4.74 Å². The van der Waals surface area contributed by atoms with E-state index in [2.05, 4.69) is 62.2 Å². The zero-order chi connectivity index (χ0) is 15.2. The molecule has 3 heteroatoms. The molecule has 1 fully saturated rings. The van der Waals surface area contributed by atoms with Crippen LogP contribution in [0.4, 0.5) is 0 Å². The van der Waals surface area contributed by atoms with Gasteiger partial charge in [0.2, 0.25) is 0 Å². The van der Waals surface area contributed by atoms with Crippen LogP contribution >= 0.6 is 0 Å².